The van der Waals surface area contributed by atoms with E-state index in [-0.39, 0.29) is 0 Å². The van der Waals surface area contributed by atoms with Gasteiger partial charge in [0.15, 0.2) is 0 Å². The Bertz CT molecular complexity index is 892. The molecule has 4 nitrogen and oxygen atoms in total. The quantitative estimate of drug-likeness (QED) is 0.439. The first-order valence-electron chi connectivity index (χ1n) is 5.84. The smallest absolute Gasteiger partial charge is 0.0993 e. The van der Waals surface area contributed by atoms with Crippen molar-refractivity contribution in [2.75, 3.05) is 0 Å². The van der Waals surface area contributed by atoms with Crippen LogP contribution in [0.1, 0.15) is 5.69 Å². The van der Waals surface area contributed by atoms with Crippen molar-refractivity contribution in [1.82, 2.24) is 20.0 Å². The van der Waals surface area contributed by atoms with E-state index in [1.807, 2.05) is 31.2 Å². The first-order valence-corrected chi connectivity index (χ1v) is 5.84. The molecular weight excluding hydrogens is 224 g/mol. The van der Waals surface area contributed by atoms with Crippen LogP contribution in [0.5, 0.6) is 0 Å². The summed E-state index contributed by atoms with van der Waals surface area (Å²) in [6.45, 7) is 1.96. The van der Waals surface area contributed by atoms with Crippen molar-refractivity contribution in [2.45, 2.75) is 6.92 Å². The minimum atomic E-state index is 0.904. The highest BCUT2D eigenvalue weighted by atomic mass is 15.5. The molecule has 0 N–H and O–H groups in total. The molecular formula is C14H10N4. The Morgan fingerprint density at radius 1 is 1.06 bits per heavy atom. The van der Waals surface area contributed by atoms with Gasteiger partial charge in [0, 0.05) is 5.39 Å². The number of benzene rings is 2. The molecule has 0 atom stereocenters. The Balaban J connectivity index is 2.37. The van der Waals surface area contributed by atoms with Crippen LogP contribution in [0.2, 0.25) is 0 Å². The maximum absolute atomic E-state index is 4.31. The van der Waals surface area contributed by atoms with E-state index in [0.29, 0.717) is 0 Å². The molecule has 0 aliphatic rings. The van der Waals surface area contributed by atoms with Crippen LogP contribution in [0.25, 0.3) is 27.2 Å². The number of aromatic nitrogens is 4. The molecule has 0 saturated heterocycles. The van der Waals surface area contributed by atoms with Crippen LogP contribution >= 0.6 is 0 Å². The zero-order valence-electron chi connectivity index (χ0n) is 9.83. The number of rotatable bonds is 0. The molecule has 4 aromatic rings. The van der Waals surface area contributed by atoms with Gasteiger partial charge in [-0.15, -0.1) is 9.73 Å². The lowest BCUT2D eigenvalue weighted by atomic mass is 10.1. The van der Waals surface area contributed by atoms with E-state index in [4.69, 9.17) is 0 Å². The third-order valence-corrected chi connectivity index (χ3v) is 3.21. The van der Waals surface area contributed by atoms with Gasteiger partial charge in [0.2, 0.25) is 0 Å². The first-order chi connectivity index (χ1) is 8.83. The van der Waals surface area contributed by atoms with Gasteiger partial charge in [0.25, 0.3) is 0 Å². The van der Waals surface area contributed by atoms with Crippen LogP contribution in [0, 0.1) is 6.92 Å². The van der Waals surface area contributed by atoms with Crippen molar-refractivity contribution >= 4 is 27.2 Å². The number of hydrogen-bond acceptors (Lipinski definition) is 3. The van der Waals surface area contributed by atoms with Crippen molar-refractivity contribution in [3.05, 3.63) is 48.2 Å². The molecule has 4 heteroatoms. The Morgan fingerprint density at radius 3 is 2.89 bits per heavy atom. The molecule has 4 rings (SSSR count). The van der Waals surface area contributed by atoms with Gasteiger partial charge in [0.05, 0.1) is 16.7 Å². The molecule has 86 valence electrons. The van der Waals surface area contributed by atoms with E-state index >= 15 is 0 Å². The third kappa shape index (κ3) is 1.17. The van der Waals surface area contributed by atoms with Gasteiger partial charge in [-0.3, -0.25) is 0 Å². The topological polar surface area (TPSA) is 43.1 Å². The number of nitrogens with zero attached hydrogens (tertiary/aromatic N) is 4. The van der Waals surface area contributed by atoms with Crippen molar-refractivity contribution in [3.8, 4) is 0 Å². The van der Waals surface area contributed by atoms with Crippen molar-refractivity contribution in [3.63, 3.8) is 0 Å². The van der Waals surface area contributed by atoms with Crippen LogP contribution in [0.4, 0.5) is 0 Å². The van der Waals surface area contributed by atoms with Crippen molar-refractivity contribution < 1.29 is 0 Å². The van der Waals surface area contributed by atoms with Crippen LogP contribution in [0.3, 0.4) is 0 Å². The minimum absolute atomic E-state index is 0.904. The summed E-state index contributed by atoms with van der Waals surface area (Å²) < 4.78 is 1.60. The average Bonchev–Trinajstić information content (AvgIpc) is 2.78. The SMILES string of the molecule is Cc1cc2c3c(ccc4ccccc43)nnn2n1. The highest BCUT2D eigenvalue weighted by Gasteiger charge is 2.08. The molecule has 2 aromatic carbocycles. The van der Waals surface area contributed by atoms with Crippen LogP contribution in [-0.4, -0.2) is 20.0 Å². The zero-order chi connectivity index (χ0) is 12.1. The molecule has 0 amide bonds. The van der Waals surface area contributed by atoms with Crippen molar-refractivity contribution in [2.24, 2.45) is 0 Å². The van der Waals surface area contributed by atoms with Crippen LogP contribution in [0.15, 0.2) is 42.5 Å². The summed E-state index contributed by atoms with van der Waals surface area (Å²) in [6, 6.07) is 14.4. The van der Waals surface area contributed by atoms with E-state index < -0.39 is 0 Å². The van der Waals surface area contributed by atoms with E-state index in [9.17, 15) is 0 Å². The maximum atomic E-state index is 4.31. The Kier molecular flexibility index (Phi) is 1.73. The van der Waals surface area contributed by atoms with E-state index in [1.165, 1.54) is 10.8 Å². The lowest BCUT2D eigenvalue weighted by molar-refractivity contribution is 0.725. The molecule has 0 aliphatic carbocycles. The Labute approximate surface area is 103 Å². The molecule has 0 spiro atoms. The molecule has 0 saturated carbocycles. The summed E-state index contributed by atoms with van der Waals surface area (Å²) >= 11 is 0. The number of aryl methyl sites for hydroxylation is 1. The largest absolute Gasteiger partial charge is 0.154 e. The van der Waals surface area contributed by atoms with Gasteiger partial charge in [-0.05, 0) is 35.0 Å². The summed E-state index contributed by atoms with van der Waals surface area (Å²) in [4.78, 5) is 0. The van der Waals surface area contributed by atoms with Gasteiger partial charge in [-0.2, -0.15) is 5.10 Å². The minimum Gasteiger partial charge on any atom is -0.154 e. The molecule has 0 unspecified atom stereocenters. The fourth-order valence-corrected chi connectivity index (χ4v) is 2.43. The summed E-state index contributed by atoms with van der Waals surface area (Å²) in [5, 5.41) is 16.1. The molecule has 0 bridgehead atoms. The van der Waals surface area contributed by atoms with Crippen molar-refractivity contribution in [1.29, 1.82) is 0 Å². The van der Waals surface area contributed by atoms with Gasteiger partial charge < -0.3 is 0 Å². The van der Waals surface area contributed by atoms with Gasteiger partial charge in [0.1, 0.15) is 0 Å². The lowest BCUT2D eigenvalue weighted by Gasteiger charge is -2.03. The molecule has 0 fully saturated rings. The summed E-state index contributed by atoms with van der Waals surface area (Å²) in [5.74, 6) is 0. The average molecular weight is 234 g/mol. The third-order valence-electron chi connectivity index (χ3n) is 3.21. The fourth-order valence-electron chi connectivity index (χ4n) is 2.43. The summed E-state index contributed by atoms with van der Waals surface area (Å²) in [6.07, 6.45) is 0. The van der Waals surface area contributed by atoms with E-state index in [1.54, 1.807) is 4.63 Å². The first kappa shape index (κ1) is 9.53. The second-order valence-electron chi connectivity index (χ2n) is 4.43. The Hall–Kier alpha value is -2.49. The highest BCUT2D eigenvalue weighted by Crippen LogP contribution is 2.27. The predicted molar refractivity (Wildman–Crippen MR) is 70.5 cm³/mol. The number of fused-ring (bicyclic) bond motifs is 5. The fraction of sp³-hybridized carbons (Fsp3) is 0.0714. The molecule has 2 aromatic heterocycles. The maximum Gasteiger partial charge on any atom is 0.0993 e. The summed E-state index contributed by atoms with van der Waals surface area (Å²) in [5.41, 5.74) is 2.86. The normalized spacial score (nSPS) is 11.6. The predicted octanol–water partition coefficient (Wildman–Crippen LogP) is 2.74. The van der Waals surface area contributed by atoms with E-state index in [0.717, 1.165) is 22.1 Å². The van der Waals surface area contributed by atoms with E-state index in [2.05, 4.69) is 33.6 Å². The Morgan fingerprint density at radius 2 is 1.94 bits per heavy atom. The molecule has 0 radical (unpaired) electrons. The van der Waals surface area contributed by atoms with Gasteiger partial charge in [-0.25, -0.2) is 0 Å². The van der Waals surface area contributed by atoms with Gasteiger partial charge >= 0.3 is 0 Å². The zero-order valence-corrected chi connectivity index (χ0v) is 9.83. The van der Waals surface area contributed by atoms with Gasteiger partial charge in [-0.1, -0.05) is 30.3 Å². The highest BCUT2D eigenvalue weighted by molar-refractivity contribution is 6.13. The molecule has 2 heterocycles. The standard InChI is InChI=1S/C14H10N4/c1-9-8-13-14-11-5-3-2-4-10(11)6-7-12(14)15-17-18(13)16-9/h2-8H,1H3. The second-order valence-corrected chi connectivity index (χ2v) is 4.43. The van der Waals surface area contributed by atoms with Crippen LogP contribution < -0.4 is 0 Å². The second kappa shape index (κ2) is 3.26. The molecule has 18 heavy (non-hydrogen) atoms. The molecule has 0 aliphatic heterocycles. The lowest BCUT2D eigenvalue weighted by Crippen LogP contribution is -1.98. The van der Waals surface area contributed by atoms with Crippen LogP contribution in [-0.2, 0) is 0 Å². The number of hydrogen-bond donors (Lipinski definition) is 0. The summed E-state index contributed by atoms with van der Waals surface area (Å²) in [7, 11) is 0. The monoisotopic (exact) mass is 234 g/mol.